The zero-order valence-corrected chi connectivity index (χ0v) is 17.4. The number of ether oxygens (including phenoxy) is 1. The summed E-state index contributed by atoms with van der Waals surface area (Å²) in [5.41, 5.74) is 1.41. The van der Waals surface area contributed by atoms with Crippen molar-refractivity contribution >= 4 is 5.69 Å². The lowest BCUT2D eigenvalue weighted by Crippen LogP contribution is -2.56. The van der Waals surface area contributed by atoms with Crippen LogP contribution in [0.15, 0.2) is 24.4 Å². The molecule has 1 N–H and O–H groups in total. The van der Waals surface area contributed by atoms with Gasteiger partial charge in [-0.25, -0.2) is 4.68 Å². The molecule has 3 heterocycles. The van der Waals surface area contributed by atoms with Crippen molar-refractivity contribution in [2.45, 2.75) is 58.0 Å². The summed E-state index contributed by atoms with van der Waals surface area (Å²) in [7, 11) is 0. The zero-order valence-electron chi connectivity index (χ0n) is 17.4. The molecule has 0 amide bonds. The highest BCUT2D eigenvalue weighted by Crippen LogP contribution is 2.37. The number of nitrogens with zero attached hydrogens (tertiary/aromatic N) is 4. The Kier molecular flexibility index (Phi) is 5.09. The molecule has 1 aromatic carbocycles. The molecule has 2 aliphatic rings. The number of anilines is 1. The van der Waals surface area contributed by atoms with Gasteiger partial charge < -0.3 is 14.7 Å². The summed E-state index contributed by atoms with van der Waals surface area (Å²) in [6.45, 7) is 7.80. The van der Waals surface area contributed by atoms with Crippen LogP contribution in [-0.4, -0.2) is 57.7 Å². The monoisotopic (exact) mass is 424 g/mol. The van der Waals surface area contributed by atoms with Gasteiger partial charge in [-0.2, -0.15) is 13.2 Å². The largest absolute Gasteiger partial charge is 0.396 e. The number of aliphatic hydroxyl groups excluding tert-OH is 1. The second kappa shape index (κ2) is 7.23. The predicted molar refractivity (Wildman–Crippen MR) is 106 cm³/mol. The van der Waals surface area contributed by atoms with E-state index < -0.39 is 12.6 Å². The van der Waals surface area contributed by atoms with Gasteiger partial charge in [0.2, 0.25) is 0 Å². The van der Waals surface area contributed by atoms with E-state index in [9.17, 15) is 18.3 Å². The Morgan fingerprint density at radius 3 is 2.53 bits per heavy atom. The average molecular weight is 424 g/mol. The summed E-state index contributed by atoms with van der Waals surface area (Å²) in [6.07, 6.45) is -2.74. The average Bonchev–Trinajstić information content (AvgIpc) is 3.04. The SMILES string of the molecule is CC1(CO)CN(c2ccc(-c3cn(CC4CC(C)(C)O4)nn3)c(CC(F)(F)F)c2)C1. The molecule has 2 aromatic rings. The fourth-order valence-corrected chi connectivity index (χ4v) is 4.36. The normalized spacial score (nSPS) is 22.5. The fourth-order valence-electron chi connectivity index (χ4n) is 4.36. The Morgan fingerprint density at radius 1 is 1.23 bits per heavy atom. The molecule has 0 aliphatic carbocycles. The van der Waals surface area contributed by atoms with Crippen molar-refractivity contribution in [3.05, 3.63) is 30.0 Å². The van der Waals surface area contributed by atoms with Gasteiger partial charge in [-0.1, -0.05) is 18.2 Å². The summed E-state index contributed by atoms with van der Waals surface area (Å²) in [5.74, 6) is 0. The molecule has 0 bridgehead atoms. The Bertz CT molecular complexity index is 911. The standard InChI is InChI=1S/C21H27F3N4O2/c1-19(2)8-16(30-19)9-28-10-18(25-26-28)17-5-4-15(6-14(17)7-21(22,23)24)27-11-20(3,12-27)13-29/h4-6,10,16,29H,7-9,11-13H2,1-3H3. The van der Waals surface area contributed by atoms with Crippen molar-refractivity contribution < 1.29 is 23.0 Å². The first-order valence-electron chi connectivity index (χ1n) is 10.1. The molecule has 30 heavy (non-hydrogen) atoms. The summed E-state index contributed by atoms with van der Waals surface area (Å²) >= 11 is 0. The van der Waals surface area contributed by atoms with Crippen LogP contribution in [0.3, 0.4) is 0 Å². The highest BCUT2D eigenvalue weighted by Gasteiger charge is 2.39. The van der Waals surface area contributed by atoms with E-state index in [2.05, 4.69) is 10.3 Å². The summed E-state index contributed by atoms with van der Waals surface area (Å²) in [4.78, 5) is 1.98. The van der Waals surface area contributed by atoms with Crippen LogP contribution >= 0.6 is 0 Å². The van der Waals surface area contributed by atoms with E-state index in [1.165, 1.54) is 0 Å². The van der Waals surface area contributed by atoms with Gasteiger partial charge in [0, 0.05) is 36.2 Å². The quantitative estimate of drug-likeness (QED) is 0.770. The third kappa shape index (κ3) is 4.46. The lowest BCUT2D eigenvalue weighted by Gasteiger charge is -2.48. The topological polar surface area (TPSA) is 63.4 Å². The number of alkyl halides is 3. The maximum Gasteiger partial charge on any atom is 0.393 e. The second-order valence-electron chi connectivity index (χ2n) is 9.49. The summed E-state index contributed by atoms with van der Waals surface area (Å²) in [6, 6.07) is 5.07. The molecular formula is C21H27F3N4O2. The van der Waals surface area contributed by atoms with E-state index in [0.717, 1.165) is 12.1 Å². The first-order chi connectivity index (χ1) is 14.0. The van der Waals surface area contributed by atoms with Gasteiger partial charge in [0.05, 0.1) is 37.5 Å². The van der Waals surface area contributed by atoms with Crippen LogP contribution in [0.25, 0.3) is 11.3 Å². The first kappa shape index (κ1) is 21.1. The predicted octanol–water partition coefficient (Wildman–Crippen LogP) is 3.44. The highest BCUT2D eigenvalue weighted by molar-refractivity contribution is 5.68. The molecule has 2 fully saturated rings. The van der Waals surface area contributed by atoms with Gasteiger partial charge in [0.1, 0.15) is 5.69 Å². The molecule has 1 unspecified atom stereocenters. The van der Waals surface area contributed by atoms with Crippen molar-refractivity contribution in [3.8, 4) is 11.3 Å². The Labute approximate surface area is 173 Å². The number of aliphatic hydroxyl groups is 1. The second-order valence-corrected chi connectivity index (χ2v) is 9.49. The van der Waals surface area contributed by atoms with Crippen LogP contribution in [0.1, 0.15) is 32.8 Å². The molecule has 1 atom stereocenters. The van der Waals surface area contributed by atoms with Crippen LogP contribution in [0.2, 0.25) is 0 Å². The van der Waals surface area contributed by atoms with Crippen LogP contribution < -0.4 is 4.90 Å². The van der Waals surface area contributed by atoms with Crippen LogP contribution in [0, 0.1) is 5.41 Å². The van der Waals surface area contributed by atoms with Crippen molar-refractivity contribution in [1.29, 1.82) is 0 Å². The molecule has 1 aromatic heterocycles. The Balaban J connectivity index is 1.55. The minimum absolute atomic E-state index is 0.0406. The molecule has 2 saturated heterocycles. The zero-order chi connectivity index (χ0) is 21.7. The van der Waals surface area contributed by atoms with Crippen LogP contribution in [-0.2, 0) is 17.7 Å². The maximum absolute atomic E-state index is 13.2. The van der Waals surface area contributed by atoms with Gasteiger partial charge in [0.15, 0.2) is 0 Å². The lowest BCUT2D eigenvalue weighted by molar-refractivity contribution is -0.189. The molecule has 0 spiro atoms. The van der Waals surface area contributed by atoms with Crippen LogP contribution in [0.5, 0.6) is 0 Å². The molecule has 0 radical (unpaired) electrons. The number of rotatable bonds is 6. The fraction of sp³-hybridized carbons (Fsp3) is 0.619. The van der Waals surface area contributed by atoms with E-state index in [1.807, 2.05) is 31.7 Å². The van der Waals surface area contributed by atoms with Crippen molar-refractivity contribution in [2.75, 3.05) is 24.6 Å². The summed E-state index contributed by atoms with van der Waals surface area (Å²) < 4.78 is 47.1. The van der Waals surface area contributed by atoms with Crippen molar-refractivity contribution in [3.63, 3.8) is 0 Å². The van der Waals surface area contributed by atoms with Gasteiger partial charge in [0.25, 0.3) is 0 Å². The van der Waals surface area contributed by atoms with Gasteiger partial charge in [-0.05, 0) is 31.5 Å². The minimum atomic E-state index is -4.33. The van der Waals surface area contributed by atoms with Gasteiger partial charge in [-0.15, -0.1) is 5.10 Å². The number of halogens is 3. The highest BCUT2D eigenvalue weighted by atomic mass is 19.4. The van der Waals surface area contributed by atoms with E-state index in [-0.39, 0.29) is 29.3 Å². The number of hydrogen-bond acceptors (Lipinski definition) is 5. The molecule has 6 nitrogen and oxygen atoms in total. The van der Waals surface area contributed by atoms with E-state index in [0.29, 0.717) is 30.9 Å². The molecule has 4 rings (SSSR count). The van der Waals surface area contributed by atoms with Gasteiger partial charge in [-0.3, -0.25) is 0 Å². The van der Waals surface area contributed by atoms with Crippen molar-refractivity contribution in [2.24, 2.45) is 5.41 Å². The third-order valence-corrected chi connectivity index (χ3v) is 5.78. The van der Waals surface area contributed by atoms with E-state index in [4.69, 9.17) is 4.74 Å². The maximum atomic E-state index is 13.2. The number of aromatic nitrogens is 3. The van der Waals surface area contributed by atoms with Gasteiger partial charge >= 0.3 is 6.18 Å². The number of hydrogen-bond donors (Lipinski definition) is 1. The lowest BCUT2D eigenvalue weighted by atomic mass is 9.82. The first-order valence-corrected chi connectivity index (χ1v) is 10.1. The molecule has 2 aliphatic heterocycles. The van der Waals surface area contributed by atoms with Crippen molar-refractivity contribution in [1.82, 2.24) is 15.0 Å². The van der Waals surface area contributed by atoms with E-state index in [1.54, 1.807) is 23.0 Å². The molecule has 9 heteroatoms. The Hall–Kier alpha value is -2.13. The smallest absolute Gasteiger partial charge is 0.393 e. The molecular weight excluding hydrogens is 397 g/mol. The molecule has 0 saturated carbocycles. The minimum Gasteiger partial charge on any atom is -0.396 e. The van der Waals surface area contributed by atoms with Crippen LogP contribution in [0.4, 0.5) is 18.9 Å². The molecule has 164 valence electrons. The third-order valence-electron chi connectivity index (χ3n) is 5.78. The Morgan fingerprint density at radius 2 is 1.93 bits per heavy atom. The summed E-state index contributed by atoms with van der Waals surface area (Å²) in [5, 5.41) is 17.6. The number of benzene rings is 1. The van der Waals surface area contributed by atoms with E-state index >= 15 is 0 Å².